The quantitative estimate of drug-likeness (QED) is 0.405. The van der Waals surface area contributed by atoms with Gasteiger partial charge in [-0.1, -0.05) is 48.6 Å². The molecule has 0 radical (unpaired) electrons. The number of allylic oxidation sites excluding steroid dienone is 10. The first-order valence-electron chi connectivity index (χ1n) is 9.73. The van der Waals surface area contributed by atoms with Gasteiger partial charge in [-0.3, -0.25) is 0 Å². The fraction of sp³-hybridized carbons (Fsp3) is 0.167. The van der Waals surface area contributed by atoms with Gasteiger partial charge in [-0.05, 0) is 35.4 Å². The number of thiophene rings is 2. The maximum atomic E-state index is 11.5. The van der Waals surface area contributed by atoms with Crippen LogP contribution in [0.3, 0.4) is 0 Å². The first-order valence-corrected chi connectivity index (χ1v) is 11.4. The molecule has 2 N–H and O–H groups in total. The van der Waals surface area contributed by atoms with Crippen LogP contribution in [0.5, 0.6) is 0 Å². The van der Waals surface area contributed by atoms with Crippen LogP contribution < -0.4 is 10.2 Å². The fourth-order valence-electron chi connectivity index (χ4n) is 2.63. The summed E-state index contributed by atoms with van der Waals surface area (Å²) in [6, 6.07) is 7.37. The number of rotatable bonds is 8. The summed E-state index contributed by atoms with van der Waals surface area (Å²) < 4.78 is 10.2. The molecule has 33 heavy (non-hydrogen) atoms. The van der Waals surface area contributed by atoms with Crippen molar-refractivity contribution in [3.8, 4) is 0 Å². The molecule has 0 saturated carbocycles. The van der Waals surface area contributed by atoms with Crippen molar-refractivity contribution in [1.82, 2.24) is 0 Å². The molecule has 2 aromatic heterocycles. The predicted molar refractivity (Wildman–Crippen MR) is 121 cm³/mol. The average Bonchev–Trinajstić information content (AvgIpc) is 3.63. The Balaban J connectivity index is 0.000000227. The molecular formula is C24H22FeO6S2. The van der Waals surface area contributed by atoms with E-state index in [4.69, 9.17) is 19.7 Å². The predicted octanol–water partition coefficient (Wildman–Crippen LogP) is 2.91. The third-order valence-electron chi connectivity index (χ3n) is 4.23. The number of hydrogen-bond acceptors (Lipinski definition) is 8. The normalized spacial score (nSPS) is 13.0. The van der Waals surface area contributed by atoms with E-state index in [0.717, 1.165) is 19.5 Å². The van der Waals surface area contributed by atoms with E-state index in [-0.39, 0.29) is 55.4 Å². The smallest absolute Gasteiger partial charge is 0.607 e. The second-order valence-corrected chi connectivity index (χ2v) is 9.06. The van der Waals surface area contributed by atoms with E-state index in [1.807, 2.05) is 24.3 Å². The molecular weight excluding hydrogens is 504 g/mol. The molecule has 0 spiro atoms. The minimum atomic E-state index is -0.316. The Morgan fingerprint density at radius 3 is 1.27 bits per heavy atom. The zero-order chi connectivity index (χ0) is 22.8. The molecule has 0 unspecified atom stereocenters. The van der Waals surface area contributed by atoms with Gasteiger partial charge >= 0.3 is 17.1 Å². The third kappa shape index (κ3) is 8.40. The molecule has 6 nitrogen and oxygen atoms in total. The van der Waals surface area contributed by atoms with E-state index in [1.54, 1.807) is 48.6 Å². The SMILES string of the molecule is [Fe+2].[O-]C(OCc1ccc(CO)s1)=C1C=CC=C1.[O-]C(OCc1ccc(CO)s1)=C1C=CC=C1. The van der Waals surface area contributed by atoms with Gasteiger partial charge < -0.3 is 29.9 Å². The van der Waals surface area contributed by atoms with Crippen molar-refractivity contribution < 1.29 is 47.0 Å². The van der Waals surface area contributed by atoms with Gasteiger partial charge in [0.05, 0.1) is 25.1 Å². The second kappa shape index (κ2) is 13.9. The van der Waals surface area contributed by atoms with Crippen LogP contribution in [0.1, 0.15) is 19.5 Å². The maximum Gasteiger partial charge on any atom is 2.00 e. The van der Waals surface area contributed by atoms with Gasteiger partial charge in [0.25, 0.3) is 0 Å². The number of aliphatic hydroxyl groups is 2. The number of hydrogen-bond donors (Lipinski definition) is 2. The number of ether oxygens (including phenoxy) is 2. The third-order valence-corrected chi connectivity index (χ3v) is 6.32. The molecule has 174 valence electrons. The minimum Gasteiger partial charge on any atom is -0.607 e. The molecule has 0 bridgehead atoms. The Hall–Kier alpha value is -2.52. The molecule has 0 aliphatic heterocycles. The first-order chi connectivity index (χ1) is 15.6. The summed E-state index contributed by atoms with van der Waals surface area (Å²) in [6.07, 6.45) is 14.1. The summed E-state index contributed by atoms with van der Waals surface area (Å²) in [4.78, 5) is 3.62. The fourth-order valence-corrected chi connectivity index (χ4v) is 4.21. The van der Waals surface area contributed by atoms with Crippen LogP contribution in [0.2, 0.25) is 0 Å². The average molecular weight is 526 g/mol. The molecule has 4 rings (SSSR count). The molecule has 9 heteroatoms. The Bertz CT molecular complexity index is 974. The van der Waals surface area contributed by atoms with E-state index < -0.39 is 0 Å². The van der Waals surface area contributed by atoms with E-state index in [2.05, 4.69) is 0 Å². The summed E-state index contributed by atoms with van der Waals surface area (Å²) in [5.74, 6) is -0.632. The van der Waals surface area contributed by atoms with Gasteiger partial charge in [-0.2, -0.15) is 0 Å². The zero-order valence-electron chi connectivity index (χ0n) is 17.5. The Morgan fingerprint density at radius 2 is 0.970 bits per heavy atom. The van der Waals surface area contributed by atoms with E-state index >= 15 is 0 Å². The molecule has 2 heterocycles. The van der Waals surface area contributed by atoms with Crippen molar-refractivity contribution >= 4 is 22.7 Å². The molecule has 0 fully saturated rings. The Kier molecular flexibility index (Phi) is 11.3. The summed E-state index contributed by atoms with van der Waals surface area (Å²) in [5, 5.41) is 40.7. The van der Waals surface area contributed by atoms with Gasteiger partial charge in [0.2, 0.25) is 0 Å². The van der Waals surface area contributed by atoms with Gasteiger partial charge in [0.1, 0.15) is 0 Å². The van der Waals surface area contributed by atoms with E-state index in [9.17, 15) is 10.2 Å². The van der Waals surface area contributed by atoms with Crippen molar-refractivity contribution in [2.45, 2.75) is 26.4 Å². The van der Waals surface area contributed by atoms with Crippen molar-refractivity contribution in [3.63, 3.8) is 0 Å². The Labute approximate surface area is 210 Å². The van der Waals surface area contributed by atoms with Gasteiger partial charge in [0, 0.05) is 32.7 Å². The van der Waals surface area contributed by atoms with E-state index in [1.165, 1.54) is 22.7 Å². The van der Waals surface area contributed by atoms with Crippen LogP contribution in [0.4, 0.5) is 0 Å². The van der Waals surface area contributed by atoms with Crippen LogP contribution in [0.25, 0.3) is 0 Å². The largest absolute Gasteiger partial charge is 2.00 e. The number of aliphatic hydroxyl groups excluding tert-OH is 2. The van der Waals surface area contributed by atoms with Crippen LogP contribution >= 0.6 is 22.7 Å². The van der Waals surface area contributed by atoms with Crippen molar-refractivity contribution in [2.75, 3.05) is 0 Å². The molecule has 0 saturated heterocycles. The first kappa shape index (κ1) is 26.7. The summed E-state index contributed by atoms with van der Waals surface area (Å²) in [5.41, 5.74) is 1.14. The molecule has 0 atom stereocenters. The summed E-state index contributed by atoms with van der Waals surface area (Å²) in [6.45, 7) is 0.576. The van der Waals surface area contributed by atoms with Crippen molar-refractivity contribution in [1.29, 1.82) is 0 Å². The topological polar surface area (TPSA) is 105 Å². The monoisotopic (exact) mass is 526 g/mol. The zero-order valence-corrected chi connectivity index (χ0v) is 20.2. The van der Waals surface area contributed by atoms with Gasteiger partial charge in [-0.25, -0.2) is 0 Å². The molecule has 2 aliphatic carbocycles. The van der Waals surface area contributed by atoms with Gasteiger partial charge in [-0.15, -0.1) is 22.7 Å². The van der Waals surface area contributed by atoms with E-state index in [0.29, 0.717) is 11.1 Å². The standard InChI is InChI=1S/2C12H12O3S.Fe/c2*13-7-10-5-6-11(16-10)8-15-12(14)9-3-1-2-4-9;/h2*1-6,13-14H,7-8H2;/q;;+2/p-2. The minimum absolute atomic E-state index is 0. The second-order valence-electron chi connectivity index (χ2n) is 6.55. The molecule has 0 amide bonds. The van der Waals surface area contributed by atoms with Crippen LogP contribution in [-0.2, 0) is 53.0 Å². The Morgan fingerprint density at radius 1 is 0.636 bits per heavy atom. The van der Waals surface area contributed by atoms with Crippen molar-refractivity contribution in [3.05, 3.63) is 115 Å². The van der Waals surface area contributed by atoms with Crippen LogP contribution in [0, 0.1) is 0 Å². The molecule has 2 aliphatic rings. The summed E-state index contributed by atoms with van der Waals surface area (Å²) >= 11 is 2.89. The van der Waals surface area contributed by atoms with Crippen LogP contribution in [-0.4, -0.2) is 10.2 Å². The van der Waals surface area contributed by atoms with Crippen molar-refractivity contribution in [2.24, 2.45) is 0 Å². The van der Waals surface area contributed by atoms with Crippen LogP contribution in [0.15, 0.2) is 95.9 Å². The molecule has 0 aromatic carbocycles. The molecule has 2 aromatic rings. The summed E-state index contributed by atoms with van der Waals surface area (Å²) in [7, 11) is 0. The van der Waals surface area contributed by atoms with Gasteiger partial charge in [0.15, 0.2) is 0 Å². The maximum absolute atomic E-state index is 11.5.